The maximum absolute atomic E-state index is 13.3. The van der Waals surface area contributed by atoms with Gasteiger partial charge in [0.15, 0.2) is 6.61 Å². The maximum atomic E-state index is 13.3. The molecule has 0 aromatic heterocycles. The van der Waals surface area contributed by atoms with Crippen LogP contribution in [0.5, 0.6) is 11.5 Å². The van der Waals surface area contributed by atoms with Crippen molar-refractivity contribution >= 4 is 11.8 Å². The van der Waals surface area contributed by atoms with Gasteiger partial charge in [0.25, 0.3) is 5.91 Å². The summed E-state index contributed by atoms with van der Waals surface area (Å²) in [6.07, 6.45) is 4.27. The molecule has 0 saturated heterocycles. The number of hydrogen-bond acceptors (Lipinski definition) is 4. The number of carbonyl (C=O) groups is 2. The fourth-order valence-electron chi connectivity index (χ4n) is 4.21. The standard InChI is InChI=1S/C27H36N2O4/c1-19(2)24-11-7-8-12-25(24)33-18-26(30)29(17-21-13-15-23(32-4)16-14-21)20(3)27(31)28-22-9-5-6-10-22/h7-8,11-16,19-20,22H,5-6,9-10,17-18H2,1-4H3,(H,28,31). The van der Waals surface area contributed by atoms with Crippen LogP contribution in [0.3, 0.4) is 0 Å². The lowest BCUT2D eigenvalue weighted by Gasteiger charge is -2.30. The largest absolute Gasteiger partial charge is 0.497 e. The average Bonchev–Trinajstić information content (AvgIpc) is 3.34. The maximum Gasteiger partial charge on any atom is 0.261 e. The first-order valence-electron chi connectivity index (χ1n) is 11.8. The third-order valence-electron chi connectivity index (χ3n) is 6.27. The summed E-state index contributed by atoms with van der Waals surface area (Å²) in [5.74, 6) is 1.39. The summed E-state index contributed by atoms with van der Waals surface area (Å²) in [4.78, 5) is 27.9. The third-order valence-corrected chi connectivity index (χ3v) is 6.27. The lowest BCUT2D eigenvalue weighted by molar-refractivity contribution is -0.142. The Morgan fingerprint density at radius 3 is 2.33 bits per heavy atom. The van der Waals surface area contributed by atoms with Crippen LogP contribution in [0.25, 0.3) is 0 Å². The highest BCUT2D eigenvalue weighted by molar-refractivity contribution is 5.88. The number of para-hydroxylation sites is 1. The van der Waals surface area contributed by atoms with Gasteiger partial charge in [-0.25, -0.2) is 0 Å². The Labute approximate surface area is 197 Å². The van der Waals surface area contributed by atoms with E-state index in [1.807, 2.05) is 48.5 Å². The van der Waals surface area contributed by atoms with E-state index in [-0.39, 0.29) is 30.4 Å². The minimum atomic E-state index is -0.607. The van der Waals surface area contributed by atoms with Crippen LogP contribution >= 0.6 is 0 Å². The van der Waals surface area contributed by atoms with Crippen molar-refractivity contribution in [1.82, 2.24) is 10.2 Å². The molecule has 0 radical (unpaired) electrons. The first kappa shape index (κ1) is 24.6. The highest BCUT2D eigenvalue weighted by Gasteiger charge is 2.29. The number of nitrogens with zero attached hydrogens (tertiary/aromatic N) is 1. The Morgan fingerprint density at radius 1 is 1.03 bits per heavy atom. The number of amides is 2. The van der Waals surface area contributed by atoms with E-state index in [2.05, 4.69) is 19.2 Å². The Bertz CT molecular complexity index is 920. The Kier molecular flexibility index (Phi) is 8.75. The molecule has 6 heteroatoms. The number of nitrogens with one attached hydrogen (secondary N) is 1. The van der Waals surface area contributed by atoms with E-state index in [9.17, 15) is 9.59 Å². The molecule has 0 aliphatic heterocycles. The number of benzene rings is 2. The van der Waals surface area contributed by atoms with Gasteiger partial charge in [0.05, 0.1) is 7.11 Å². The minimum Gasteiger partial charge on any atom is -0.497 e. The van der Waals surface area contributed by atoms with Crippen LogP contribution in [-0.2, 0) is 16.1 Å². The van der Waals surface area contributed by atoms with E-state index in [1.54, 1.807) is 18.9 Å². The molecule has 1 unspecified atom stereocenters. The van der Waals surface area contributed by atoms with E-state index < -0.39 is 6.04 Å². The van der Waals surface area contributed by atoms with Crippen molar-refractivity contribution in [2.45, 2.75) is 71.0 Å². The Hall–Kier alpha value is -3.02. The monoisotopic (exact) mass is 452 g/mol. The lowest BCUT2D eigenvalue weighted by Crippen LogP contribution is -2.50. The zero-order chi connectivity index (χ0) is 23.8. The van der Waals surface area contributed by atoms with Crippen LogP contribution in [0.2, 0.25) is 0 Å². The first-order valence-corrected chi connectivity index (χ1v) is 11.8. The molecule has 1 N–H and O–H groups in total. The second kappa shape index (κ2) is 11.7. The summed E-state index contributed by atoms with van der Waals surface area (Å²) in [7, 11) is 1.62. The van der Waals surface area contributed by atoms with Crippen molar-refractivity contribution in [1.29, 1.82) is 0 Å². The average molecular weight is 453 g/mol. The second-order valence-electron chi connectivity index (χ2n) is 9.02. The van der Waals surface area contributed by atoms with Gasteiger partial charge in [0, 0.05) is 12.6 Å². The molecule has 1 atom stereocenters. The molecule has 1 aliphatic carbocycles. The quantitative estimate of drug-likeness (QED) is 0.569. The summed E-state index contributed by atoms with van der Waals surface area (Å²) in [5, 5.41) is 3.12. The van der Waals surface area contributed by atoms with Gasteiger partial charge in [-0.3, -0.25) is 9.59 Å². The van der Waals surface area contributed by atoms with Gasteiger partial charge in [-0.2, -0.15) is 0 Å². The smallest absolute Gasteiger partial charge is 0.261 e. The molecule has 0 bridgehead atoms. The molecule has 33 heavy (non-hydrogen) atoms. The highest BCUT2D eigenvalue weighted by Crippen LogP contribution is 2.26. The lowest BCUT2D eigenvalue weighted by atomic mass is 10.0. The van der Waals surface area contributed by atoms with Crippen LogP contribution in [0, 0.1) is 0 Å². The molecule has 1 saturated carbocycles. The van der Waals surface area contributed by atoms with Gasteiger partial charge >= 0.3 is 0 Å². The molecule has 2 aromatic rings. The summed E-state index contributed by atoms with van der Waals surface area (Å²) >= 11 is 0. The number of rotatable bonds is 10. The van der Waals surface area contributed by atoms with E-state index in [0.29, 0.717) is 12.3 Å². The van der Waals surface area contributed by atoms with E-state index in [1.165, 1.54) is 0 Å². The van der Waals surface area contributed by atoms with Crippen molar-refractivity contribution in [2.24, 2.45) is 0 Å². The van der Waals surface area contributed by atoms with Gasteiger partial charge in [-0.05, 0) is 55.0 Å². The van der Waals surface area contributed by atoms with Crippen LogP contribution in [0.15, 0.2) is 48.5 Å². The summed E-state index contributed by atoms with van der Waals surface area (Å²) < 4.78 is 11.2. The molecule has 2 aromatic carbocycles. The molecule has 6 nitrogen and oxygen atoms in total. The first-order chi connectivity index (χ1) is 15.9. The number of methoxy groups -OCH3 is 1. The van der Waals surface area contributed by atoms with Gasteiger partial charge < -0.3 is 19.7 Å². The van der Waals surface area contributed by atoms with Crippen molar-refractivity contribution in [2.75, 3.05) is 13.7 Å². The van der Waals surface area contributed by atoms with Crippen LogP contribution in [-0.4, -0.2) is 42.5 Å². The Balaban J connectivity index is 1.74. The molecular weight excluding hydrogens is 416 g/mol. The zero-order valence-corrected chi connectivity index (χ0v) is 20.2. The number of ether oxygens (including phenoxy) is 2. The third kappa shape index (κ3) is 6.73. The second-order valence-corrected chi connectivity index (χ2v) is 9.02. The molecular formula is C27H36N2O4. The van der Waals surface area contributed by atoms with Crippen molar-refractivity contribution < 1.29 is 19.1 Å². The zero-order valence-electron chi connectivity index (χ0n) is 20.2. The van der Waals surface area contributed by atoms with Crippen LogP contribution in [0.1, 0.15) is 63.5 Å². The molecule has 3 rings (SSSR count). The van der Waals surface area contributed by atoms with Crippen molar-refractivity contribution in [3.63, 3.8) is 0 Å². The van der Waals surface area contributed by atoms with Gasteiger partial charge in [0.2, 0.25) is 5.91 Å². The van der Waals surface area contributed by atoms with E-state index in [0.717, 1.165) is 42.6 Å². The van der Waals surface area contributed by atoms with Gasteiger partial charge in [-0.1, -0.05) is 57.0 Å². The Morgan fingerprint density at radius 2 is 1.70 bits per heavy atom. The number of hydrogen-bond donors (Lipinski definition) is 1. The summed E-state index contributed by atoms with van der Waals surface area (Å²) in [6, 6.07) is 14.9. The fourth-order valence-corrected chi connectivity index (χ4v) is 4.21. The predicted octanol–water partition coefficient (Wildman–Crippen LogP) is 4.67. The minimum absolute atomic E-state index is 0.119. The SMILES string of the molecule is COc1ccc(CN(C(=O)COc2ccccc2C(C)C)C(C)C(=O)NC2CCCC2)cc1. The van der Waals surface area contributed by atoms with Crippen molar-refractivity contribution in [3.05, 3.63) is 59.7 Å². The molecule has 2 amide bonds. The molecule has 0 spiro atoms. The van der Waals surface area contributed by atoms with Crippen LogP contribution in [0.4, 0.5) is 0 Å². The summed E-state index contributed by atoms with van der Waals surface area (Å²) in [5.41, 5.74) is 1.98. The molecule has 1 aliphatic rings. The molecule has 178 valence electrons. The topological polar surface area (TPSA) is 67.9 Å². The van der Waals surface area contributed by atoms with Gasteiger partial charge in [0.1, 0.15) is 17.5 Å². The predicted molar refractivity (Wildman–Crippen MR) is 129 cm³/mol. The fraction of sp³-hybridized carbons (Fsp3) is 0.481. The summed E-state index contributed by atoms with van der Waals surface area (Å²) in [6.45, 7) is 6.16. The highest BCUT2D eigenvalue weighted by atomic mass is 16.5. The van der Waals surface area contributed by atoms with Crippen LogP contribution < -0.4 is 14.8 Å². The normalized spacial score (nSPS) is 14.7. The van der Waals surface area contributed by atoms with E-state index >= 15 is 0 Å². The molecule has 0 heterocycles. The van der Waals surface area contributed by atoms with E-state index in [4.69, 9.17) is 9.47 Å². The molecule has 1 fully saturated rings. The van der Waals surface area contributed by atoms with Gasteiger partial charge in [-0.15, -0.1) is 0 Å². The van der Waals surface area contributed by atoms with Crippen molar-refractivity contribution in [3.8, 4) is 11.5 Å². The number of carbonyl (C=O) groups excluding carboxylic acids is 2.